The zero-order valence-electron chi connectivity index (χ0n) is 17.3. The van der Waals surface area contributed by atoms with Crippen LogP contribution in [0.2, 0.25) is 5.02 Å². The van der Waals surface area contributed by atoms with Gasteiger partial charge in [0.15, 0.2) is 0 Å². The van der Waals surface area contributed by atoms with E-state index in [-0.39, 0.29) is 18.1 Å². The SMILES string of the molecule is CC1CC23CC(CC2C3)C1N1CCN(CC(=O)Nc2cc([N+](=O)[O-])ccc2Cl)CC1. The predicted molar refractivity (Wildman–Crippen MR) is 116 cm³/mol. The molecule has 5 atom stereocenters. The summed E-state index contributed by atoms with van der Waals surface area (Å²) < 4.78 is 0. The molecule has 4 aliphatic rings. The minimum atomic E-state index is -0.493. The number of halogens is 1. The van der Waals surface area contributed by atoms with Gasteiger partial charge in [-0.15, -0.1) is 0 Å². The zero-order valence-corrected chi connectivity index (χ0v) is 18.1. The molecule has 3 saturated carbocycles. The van der Waals surface area contributed by atoms with E-state index in [9.17, 15) is 14.9 Å². The molecular weight excluding hydrogens is 404 g/mol. The summed E-state index contributed by atoms with van der Waals surface area (Å²) in [6.07, 6.45) is 5.77. The van der Waals surface area contributed by atoms with Gasteiger partial charge in [-0.05, 0) is 54.9 Å². The average Bonchev–Trinajstić information content (AvgIpc) is 3.24. The molecule has 0 radical (unpaired) electrons. The van der Waals surface area contributed by atoms with Gasteiger partial charge < -0.3 is 5.32 Å². The number of nitrogens with zero attached hydrogens (tertiary/aromatic N) is 3. The van der Waals surface area contributed by atoms with Crippen LogP contribution in [0.3, 0.4) is 0 Å². The third-order valence-electron chi connectivity index (χ3n) is 8.04. The minimum absolute atomic E-state index is 0.0868. The van der Waals surface area contributed by atoms with Crippen LogP contribution in [0.15, 0.2) is 18.2 Å². The van der Waals surface area contributed by atoms with Crippen molar-refractivity contribution in [2.24, 2.45) is 23.2 Å². The summed E-state index contributed by atoms with van der Waals surface area (Å²) in [4.78, 5) is 27.8. The number of fused-ring (bicyclic) bond motifs is 1. The molecule has 1 amide bonds. The first-order valence-electron chi connectivity index (χ1n) is 11.0. The van der Waals surface area contributed by atoms with E-state index in [2.05, 4.69) is 22.0 Å². The molecule has 1 saturated heterocycles. The zero-order chi connectivity index (χ0) is 21.0. The van der Waals surface area contributed by atoms with Crippen molar-refractivity contribution in [3.8, 4) is 0 Å². The van der Waals surface area contributed by atoms with Crippen molar-refractivity contribution in [1.29, 1.82) is 0 Å². The number of carbonyl (C=O) groups is 1. The molecule has 1 N–H and O–H groups in total. The highest BCUT2D eigenvalue weighted by atomic mass is 35.5. The second-order valence-corrected chi connectivity index (χ2v) is 10.3. The van der Waals surface area contributed by atoms with Gasteiger partial charge in [0, 0.05) is 44.4 Å². The van der Waals surface area contributed by atoms with Crippen LogP contribution in [0.1, 0.15) is 32.6 Å². The topological polar surface area (TPSA) is 78.7 Å². The summed E-state index contributed by atoms with van der Waals surface area (Å²) in [5.41, 5.74) is 0.935. The largest absolute Gasteiger partial charge is 0.323 e. The van der Waals surface area contributed by atoms with Crippen molar-refractivity contribution in [3.63, 3.8) is 0 Å². The van der Waals surface area contributed by atoms with Crippen LogP contribution >= 0.6 is 11.6 Å². The van der Waals surface area contributed by atoms with Crippen molar-refractivity contribution in [2.45, 2.75) is 38.6 Å². The highest BCUT2D eigenvalue weighted by molar-refractivity contribution is 6.33. The van der Waals surface area contributed by atoms with E-state index in [1.165, 1.54) is 43.9 Å². The monoisotopic (exact) mass is 432 g/mol. The van der Waals surface area contributed by atoms with Gasteiger partial charge in [-0.3, -0.25) is 24.7 Å². The molecule has 3 aliphatic carbocycles. The normalized spacial score (nSPS) is 35.7. The smallest absolute Gasteiger partial charge is 0.271 e. The lowest BCUT2D eigenvalue weighted by Crippen LogP contribution is -2.56. The Labute approximate surface area is 181 Å². The minimum Gasteiger partial charge on any atom is -0.323 e. The van der Waals surface area contributed by atoms with Crippen molar-refractivity contribution in [3.05, 3.63) is 33.3 Å². The molecule has 5 unspecified atom stereocenters. The first kappa shape index (κ1) is 20.2. The molecule has 4 fully saturated rings. The molecule has 1 heterocycles. The van der Waals surface area contributed by atoms with Gasteiger partial charge in [-0.1, -0.05) is 18.5 Å². The number of carbonyl (C=O) groups excluding carboxylic acids is 1. The quantitative estimate of drug-likeness (QED) is 0.567. The molecular formula is C22H29ClN4O3. The molecule has 162 valence electrons. The second kappa shape index (κ2) is 7.46. The maximum atomic E-state index is 12.5. The van der Waals surface area contributed by atoms with Crippen molar-refractivity contribution < 1.29 is 9.72 Å². The fourth-order valence-corrected chi connectivity index (χ4v) is 6.96. The summed E-state index contributed by atoms with van der Waals surface area (Å²) in [7, 11) is 0. The van der Waals surface area contributed by atoms with E-state index in [4.69, 9.17) is 11.6 Å². The maximum absolute atomic E-state index is 12.5. The van der Waals surface area contributed by atoms with Crippen LogP contribution in [-0.4, -0.2) is 59.4 Å². The molecule has 8 heteroatoms. The second-order valence-electron chi connectivity index (χ2n) is 9.92. The number of nitrogens with one attached hydrogen (secondary N) is 1. The van der Waals surface area contributed by atoms with Gasteiger partial charge in [0.1, 0.15) is 0 Å². The Bertz CT molecular complexity index is 872. The van der Waals surface area contributed by atoms with E-state index in [0.717, 1.165) is 49.3 Å². The van der Waals surface area contributed by atoms with Crippen LogP contribution in [0.4, 0.5) is 11.4 Å². The lowest BCUT2D eigenvalue weighted by molar-refractivity contribution is -0.384. The van der Waals surface area contributed by atoms with Crippen LogP contribution in [0, 0.1) is 33.3 Å². The number of piperazine rings is 1. The number of non-ortho nitro benzene ring substituents is 1. The lowest BCUT2D eigenvalue weighted by Gasteiger charge is -2.47. The van der Waals surface area contributed by atoms with E-state index < -0.39 is 4.92 Å². The molecule has 1 aromatic carbocycles. The van der Waals surface area contributed by atoms with E-state index in [1.54, 1.807) is 0 Å². The molecule has 0 aromatic heterocycles. The van der Waals surface area contributed by atoms with Crippen LogP contribution in [-0.2, 0) is 4.79 Å². The molecule has 7 nitrogen and oxygen atoms in total. The van der Waals surface area contributed by atoms with Crippen molar-refractivity contribution in [1.82, 2.24) is 9.80 Å². The van der Waals surface area contributed by atoms with Crippen LogP contribution < -0.4 is 5.32 Å². The molecule has 30 heavy (non-hydrogen) atoms. The van der Waals surface area contributed by atoms with Gasteiger partial charge in [0.05, 0.1) is 22.2 Å². The molecule has 1 spiro atoms. The Morgan fingerprint density at radius 1 is 1.27 bits per heavy atom. The highest BCUT2D eigenvalue weighted by Crippen LogP contribution is 2.72. The maximum Gasteiger partial charge on any atom is 0.271 e. The fraction of sp³-hybridized carbons (Fsp3) is 0.682. The van der Waals surface area contributed by atoms with E-state index >= 15 is 0 Å². The summed E-state index contributed by atoms with van der Waals surface area (Å²) in [5.74, 6) is 2.48. The number of hydrogen-bond donors (Lipinski definition) is 1. The number of benzene rings is 1. The first-order chi connectivity index (χ1) is 14.3. The Kier molecular flexibility index (Phi) is 5.03. The first-order valence-corrected chi connectivity index (χ1v) is 11.4. The molecule has 2 bridgehead atoms. The Morgan fingerprint density at radius 3 is 2.77 bits per heavy atom. The fourth-order valence-electron chi connectivity index (χ4n) is 6.80. The third kappa shape index (κ3) is 3.61. The molecule has 1 aliphatic heterocycles. The number of nitro benzene ring substituents is 1. The number of nitro groups is 1. The number of anilines is 1. The Morgan fingerprint density at radius 2 is 2.03 bits per heavy atom. The molecule has 1 aromatic rings. The van der Waals surface area contributed by atoms with Gasteiger partial charge >= 0.3 is 0 Å². The summed E-state index contributed by atoms with van der Waals surface area (Å²) in [5, 5.41) is 14.0. The van der Waals surface area contributed by atoms with Crippen LogP contribution in [0.5, 0.6) is 0 Å². The van der Waals surface area contributed by atoms with Crippen molar-refractivity contribution >= 4 is 28.9 Å². The van der Waals surface area contributed by atoms with Gasteiger partial charge in [0.2, 0.25) is 5.91 Å². The lowest BCUT2D eigenvalue weighted by atomic mass is 9.73. The number of amides is 1. The highest BCUT2D eigenvalue weighted by Gasteiger charge is 2.65. The van der Waals surface area contributed by atoms with Gasteiger partial charge in [0.25, 0.3) is 5.69 Å². The average molecular weight is 433 g/mol. The Balaban J connectivity index is 1.14. The predicted octanol–water partition coefficient (Wildman–Crippen LogP) is 3.63. The summed E-state index contributed by atoms with van der Waals surface area (Å²) in [6.45, 7) is 6.49. The van der Waals surface area contributed by atoms with Crippen molar-refractivity contribution in [2.75, 3.05) is 38.0 Å². The van der Waals surface area contributed by atoms with E-state index in [0.29, 0.717) is 16.8 Å². The standard InChI is InChI=1S/C22H29ClN4O3/c1-14-10-22-11-15(8-16(22)12-22)21(14)26-6-4-25(5-7-26)13-20(28)24-19-9-17(27(29)30)2-3-18(19)23/h2-3,9,14-16,21H,4-8,10-13H2,1H3,(H,24,28). The third-order valence-corrected chi connectivity index (χ3v) is 8.37. The molecule has 5 rings (SSSR count). The summed E-state index contributed by atoms with van der Waals surface area (Å²) in [6, 6.07) is 4.79. The summed E-state index contributed by atoms with van der Waals surface area (Å²) >= 11 is 6.09. The van der Waals surface area contributed by atoms with Crippen LogP contribution in [0.25, 0.3) is 0 Å². The number of hydrogen-bond acceptors (Lipinski definition) is 5. The number of rotatable bonds is 5. The van der Waals surface area contributed by atoms with E-state index in [1.807, 2.05) is 0 Å². The van der Waals surface area contributed by atoms with Gasteiger partial charge in [-0.2, -0.15) is 0 Å². The van der Waals surface area contributed by atoms with Gasteiger partial charge in [-0.25, -0.2) is 0 Å². The Hall–Kier alpha value is -1.70.